The van der Waals surface area contributed by atoms with Crippen molar-refractivity contribution >= 4 is 5.97 Å². The second kappa shape index (κ2) is 5.02. The van der Waals surface area contributed by atoms with Crippen LogP contribution in [0.3, 0.4) is 0 Å². The molecule has 16 heavy (non-hydrogen) atoms. The van der Waals surface area contributed by atoms with E-state index in [1.165, 1.54) is 4.80 Å². The molecular formula is C9H17N5O2. The highest BCUT2D eigenvalue weighted by Gasteiger charge is 2.34. The molecule has 0 spiro atoms. The van der Waals surface area contributed by atoms with Crippen LogP contribution in [-0.2, 0) is 18.4 Å². The molecule has 7 heteroatoms. The molecule has 1 heterocycles. The Hall–Kier alpha value is -1.50. The molecule has 0 aromatic carbocycles. The summed E-state index contributed by atoms with van der Waals surface area (Å²) in [6, 6.07) is 0. The van der Waals surface area contributed by atoms with Gasteiger partial charge in [-0.3, -0.25) is 10.1 Å². The van der Waals surface area contributed by atoms with Gasteiger partial charge in [0.2, 0.25) is 0 Å². The summed E-state index contributed by atoms with van der Waals surface area (Å²) in [5.41, 5.74) is -0.904. The maximum atomic E-state index is 11.2. The standard InChI is InChI=1S/C9H17N5O2/c1-4-9(5-2,8(15)16)10-6-7-11-13-14(3)12-7/h10H,4-6H2,1-3H3,(H,15,16). The van der Waals surface area contributed by atoms with E-state index in [0.717, 1.165) is 0 Å². The number of carbonyl (C=O) groups is 1. The zero-order chi connectivity index (χ0) is 12.2. The van der Waals surface area contributed by atoms with Crippen molar-refractivity contribution in [2.75, 3.05) is 0 Å². The number of carboxylic acid groups (broad SMARTS) is 1. The molecule has 0 saturated heterocycles. The average Bonchev–Trinajstić information content (AvgIpc) is 2.66. The SMILES string of the molecule is CCC(CC)(NCc1nnn(C)n1)C(=O)O. The first-order chi connectivity index (χ1) is 7.54. The molecule has 1 aromatic rings. The van der Waals surface area contributed by atoms with E-state index in [0.29, 0.717) is 25.2 Å². The summed E-state index contributed by atoms with van der Waals surface area (Å²) < 4.78 is 0. The van der Waals surface area contributed by atoms with Crippen molar-refractivity contribution in [3.05, 3.63) is 5.82 Å². The van der Waals surface area contributed by atoms with Gasteiger partial charge in [-0.05, 0) is 18.1 Å². The molecule has 0 unspecified atom stereocenters. The number of rotatable bonds is 6. The highest BCUT2D eigenvalue weighted by molar-refractivity contribution is 5.78. The molecule has 2 N–H and O–H groups in total. The number of nitrogens with one attached hydrogen (secondary N) is 1. The lowest BCUT2D eigenvalue weighted by molar-refractivity contribution is -0.145. The van der Waals surface area contributed by atoms with Gasteiger partial charge in [-0.1, -0.05) is 13.8 Å². The largest absolute Gasteiger partial charge is 0.480 e. The molecular weight excluding hydrogens is 210 g/mol. The van der Waals surface area contributed by atoms with Crippen LogP contribution in [0, 0.1) is 0 Å². The molecule has 0 aliphatic rings. The third kappa shape index (κ3) is 2.54. The molecule has 0 radical (unpaired) electrons. The van der Waals surface area contributed by atoms with Crippen LogP contribution in [0.25, 0.3) is 0 Å². The van der Waals surface area contributed by atoms with Gasteiger partial charge in [-0.2, -0.15) is 4.80 Å². The second-order valence-electron chi connectivity index (χ2n) is 3.64. The first-order valence-corrected chi connectivity index (χ1v) is 5.25. The number of tetrazole rings is 1. The molecule has 0 aliphatic heterocycles. The minimum Gasteiger partial charge on any atom is -0.480 e. The summed E-state index contributed by atoms with van der Waals surface area (Å²) in [6.07, 6.45) is 1.03. The fraction of sp³-hybridized carbons (Fsp3) is 0.778. The van der Waals surface area contributed by atoms with Crippen LogP contribution in [0.1, 0.15) is 32.5 Å². The molecule has 0 aliphatic carbocycles. The van der Waals surface area contributed by atoms with E-state index in [4.69, 9.17) is 0 Å². The average molecular weight is 227 g/mol. The van der Waals surface area contributed by atoms with Crippen molar-refractivity contribution in [3.63, 3.8) is 0 Å². The first-order valence-electron chi connectivity index (χ1n) is 5.25. The second-order valence-corrected chi connectivity index (χ2v) is 3.64. The van der Waals surface area contributed by atoms with Gasteiger partial charge in [0.1, 0.15) is 5.54 Å². The Balaban J connectivity index is 2.67. The Morgan fingerprint density at radius 2 is 2.12 bits per heavy atom. The van der Waals surface area contributed by atoms with Gasteiger partial charge in [0.05, 0.1) is 13.6 Å². The maximum Gasteiger partial charge on any atom is 0.323 e. The molecule has 1 aromatic heterocycles. The molecule has 0 bridgehead atoms. The summed E-state index contributed by atoms with van der Waals surface area (Å²) in [4.78, 5) is 12.5. The monoisotopic (exact) mass is 227 g/mol. The number of hydrogen-bond acceptors (Lipinski definition) is 5. The fourth-order valence-electron chi connectivity index (χ4n) is 1.52. The predicted molar refractivity (Wildman–Crippen MR) is 56.6 cm³/mol. The molecule has 0 fully saturated rings. The van der Waals surface area contributed by atoms with E-state index in [1.54, 1.807) is 7.05 Å². The van der Waals surface area contributed by atoms with Gasteiger partial charge in [0.15, 0.2) is 5.82 Å². The number of aryl methyl sites for hydroxylation is 1. The lowest BCUT2D eigenvalue weighted by Crippen LogP contribution is -2.50. The van der Waals surface area contributed by atoms with Gasteiger partial charge >= 0.3 is 5.97 Å². The molecule has 0 atom stereocenters. The van der Waals surface area contributed by atoms with Crippen molar-refractivity contribution in [1.29, 1.82) is 0 Å². The number of aromatic nitrogens is 4. The van der Waals surface area contributed by atoms with E-state index >= 15 is 0 Å². The molecule has 0 saturated carbocycles. The van der Waals surface area contributed by atoms with Crippen LogP contribution in [-0.4, -0.2) is 36.8 Å². The predicted octanol–water partition coefficient (Wildman–Crippen LogP) is -0.0569. The lowest BCUT2D eigenvalue weighted by atomic mass is 9.93. The highest BCUT2D eigenvalue weighted by atomic mass is 16.4. The van der Waals surface area contributed by atoms with Gasteiger partial charge in [-0.15, -0.1) is 10.2 Å². The molecule has 7 nitrogen and oxygen atoms in total. The van der Waals surface area contributed by atoms with E-state index < -0.39 is 11.5 Å². The number of nitrogens with zero attached hydrogens (tertiary/aromatic N) is 4. The van der Waals surface area contributed by atoms with Gasteiger partial charge < -0.3 is 5.11 Å². The van der Waals surface area contributed by atoms with Crippen molar-refractivity contribution in [1.82, 2.24) is 25.5 Å². The minimum atomic E-state index is -0.904. The molecule has 90 valence electrons. The van der Waals surface area contributed by atoms with E-state index in [2.05, 4.69) is 20.7 Å². The maximum absolute atomic E-state index is 11.2. The summed E-state index contributed by atoms with van der Waals surface area (Å²) in [7, 11) is 1.67. The number of carboxylic acids is 1. The zero-order valence-corrected chi connectivity index (χ0v) is 9.77. The quantitative estimate of drug-likeness (QED) is 0.707. The lowest BCUT2D eigenvalue weighted by Gasteiger charge is -2.27. The van der Waals surface area contributed by atoms with Crippen LogP contribution < -0.4 is 5.32 Å². The first kappa shape index (κ1) is 12.6. The van der Waals surface area contributed by atoms with Crippen LogP contribution in [0.5, 0.6) is 0 Å². The van der Waals surface area contributed by atoms with Crippen LogP contribution in [0.15, 0.2) is 0 Å². The normalized spacial score (nSPS) is 11.7. The van der Waals surface area contributed by atoms with Gasteiger partial charge in [-0.25, -0.2) is 0 Å². The van der Waals surface area contributed by atoms with Gasteiger partial charge in [0, 0.05) is 0 Å². The van der Waals surface area contributed by atoms with Crippen LogP contribution in [0.4, 0.5) is 0 Å². The van der Waals surface area contributed by atoms with Gasteiger partial charge in [0.25, 0.3) is 0 Å². The fourth-order valence-corrected chi connectivity index (χ4v) is 1.52. The Morgan fingerprint density at radius 3 is 2.50 bits per heavy atom. The van der Waals surface area contributed by atoms with Crippen LogP contribution >= 0.6 is 0 Å². The molecule has 0 amide bonds. The Labute approximate surface area is 93.8 Å². The summed E-state index contributed by atoms with van der Waals surface area (Å²) in [5, 5.41) is 23.6. The summed E-state index contributed by atoms with van der Waals surface area (Å²) in [5.74, 6) is -0.351. The van der Waals surface area contributed by atoms with Crippen molar-refractivity contribution in [2.45, 2.75) is 38.8 Å². The number of aliphatic carboxylic acids is 1. The zero-order valence-electron chi connectivity index (χ0n) is 9.77. The highest BCUT2D eigenvalue weighted by Crippen LogP contribution is 2.15. The minimum absolute atomic E-state index is 0.307. The van der Waals surface area contributed by atoms with Crippen molar-refractivity contribution in [2.24, 2.45) is 7.05 Å². The smallest absolute Gasteiger partial charge is 0.323 e. The van der Waals surface area contributed by atoms with Crippen LogP contribution in [0.2, 0.25) is 0 Å². The summed E-state index contributed by atoms with van der Waals surface area (Å²) in [6.45, 7) is 3.99. The Morgan fingerprint density at radius 1 is 1.50 bits per heavy atom. The molecule has 1 rings (SSSR count). The number of hydrogen-bond donors (Lipinski definition) is 2. The third-order valence-corrected chi connectivity index (χ3v) is 2.75. The summed E-state index contributed by atoms with van der Waals surface area (Å²) >= 11 is 0. The topological polar surface area (TPSA) is 92.9 Å². The van der Waals surface area contributed by atoms with Crippen molar-refractivity contribution < 1.29 is 9.90 Å². The van der Waals surface area contributed by atoms with E-state index in [1.807, 2.05) is 13.8 Å². The van der Waals surface area contributed by atoms with E-state index in [-0.39, 0.29) is 0 Å². The Kier molecular flexibility index (Phi) is 3.94. The third-order valence-electron chi connectivity index (χ3n) is 2.75. The Bertz CT molecular complexity index is 359. The van der Waals surface area contributed by atoms with Crippen molar-refractivity contribution in [3.8, 4) is 0 Å². The van der Waals surface area contributed by atoms with E-state index in [9.17, 15) is 9.90 Å².